The molecule has 2 aromatic rings. The number of morpholine rings is 1. The summed E-state index contributed by atoms with van der Waals surface area (Å²) in [5, 5.41) is 13.1. The molecule has 0 bridgehead atoms. The normalized spacial score (nSPS) is 19.3. The van der Waals surface area contributed by atoms with Crippen LogP contribution in [-0.2, 0) is 20.8 Å². The van der Waals surface area contributed by atoms with E-state index in [-0.39, 0.29) is 17.8 Å². The van der Waals surface area contributed by atoms with Gasteiger partial charge in [0.1, 0.15) is 0 Å². The van der Waals surface area contributed by atoms with Crippen LogP contribution in [0.3, 0.4) is 0 Å². The molecule has 2 saturated heterocycles. The Balaban J connectivity index is 1.43. The average Bonchev–Trinajstić information content (AvgIpc) is 3.40. The smallest absolute Gasteiger partial charge is 0.234 e. The molecule has 2 fully saturated rings. The van der Waals surface area contributed by atoms with Crippen LogP contribution in [0.4, 0.5) is 11.6 Å². The molecule has 3 heterocycles. The quantitative estimate of drug-likeness (QED) is 0.620. The molecule has 162 valence electrons. The number of nitrogens with one attached hydrogen (secondary N) is 1. The van der Waals surface area contributed by atoms with Crippen LogP contribution < -0.4 is 10.2 Å². The SMILES string of the molecule is O=C(CSc1nnc(N2CCOCC2)n1CC1CCCO1)Nc1ccc(Cl)c(Cl)c1. The maximum Gasteiger partial charge on any atom is 0.234 e. The van der Waals surface area contributed by atoms with Crippen molar-refractivity contribution in [2.45, 2.75) is 30.6 Å². The lowest BCUT2D eigenvalue weighted by Gasteiger charge is -2.28. The van der Waals surface area contributed by atoms with Crippen LogP contribution in [-0.4, -0.2) is 65.4 Å². The van der Waals surface area contributed by atoms with Gasteiger partial charge < -0.3 is 19.7 Å². The zero-order valence-electron chi connectivity index (χ0n) is 16.4. The number of anilines is 2. The van der Waals surface area contributed by atoms with E-state index in [1.165, 1.54) is 11.8 Å². The Hall–Kier alpha value is -1.52. The molecule has 11 heteroatoms. The van der Waals surface area contributed by atoms with E-state index in [1.54, 1.807) is 18.2 Å². The number of rotatable bonds is 7. The summed E-state index contributed by atoms with van der Waals surface area (Å²) in [6.07, 6.45) is 2.22. The highest BCUT2D eigenvalue weighted by molar-refractivity contribution is 7.99. The molecule has 0 saturated carbocycles. The van der Waals surface area contributed by atoms with Crippen molar-refractivity contribution in [2.75, 3.05) is 48.9 Å². The molecule has 1 aromatic carbocycles. The zero-order valence-corrected chi connectivity index (χ0v) is 18.7. The summed E-state index contributed by atoms with van der Waals surface area (Å²) in [6, 6.07) is 5.00. The fourth-order valence-corrected chi connectivity index (χ4v) is 4.48. The molecule has 4 rings (SSSR count). The Morgan fingerprint density at radius 1 is 1.20 bits per heavy atom. The van der Waals surface area contributed by atoms with Gasteiger partial charge >= 0.3 is 0 Å². The number of hydrogen-bond acceptors (Lipinski definition) is 7. The molecule has 30 heavy (non-hydrogen) atoms. The first-order valence-electron chi connectivity index (χ1n) is 9.85. The van der Waals surface area contributed by atoms with Crippen molar-refractivity contribution in [1.82, 2.24) is 14.8 Å². The molecular formula is C19H23Cl2N5O3S. The molecule has 1 atom stereocenters. The van der Waals surface area contributed by atoms with Crippen LogP contribution >= 0.6 is 35.0 Å². The molecule has 1 aromatic heterocycles. The summed E-state index contributed by atoms with van der Waals surface area (Å²) in [4.78, 5) is 14.6. The van der Waals surface area contributed by atoms with Gasteiger partial charge in [0.05, 0.1) is 41.7 Å². The molecular weight excluding hydrogens is 449 g/mol. The van der Waals surface area contributed by atoms with Gasteiger partial charge in [0.15, 0.2) is 5.16 Å². The largest absolute Gasteiger partial charge is 0.378 e. The van der Waals surface area contributed by atoms with Gasteiger partial charge in [0, 0.05) is 25.4 Å². The Labute approximate surface area is 189 Å². The molecule has 1 N–H and O–H groups in total. The van der Waals surface area contributed by atoms with Crippen molar-refractivity contribution in [3.8, 4) is 0 Å². The number of carbonyl (C=O) groups excluding carboxylic acids is 1. The molecule has 1 unspecified atom stereocenters. The summed E-state index contributed by atoms with van der Waals surface area (Å²) in [5.41, 5.74) is 0.602. The van der Waals surface area contributed by atoms with Crippen LogP contribution in [0.25, 0.3) is 0 Å². The Morgan fingerprint density at radius 3 is 2.77 bits per heavy atom. The molecule has 0 spiro atoms. The van der Waals surface area contributed by atoms with Crippen molar-refractivity contribution >= 4 is 52.5 Å². The van der Waals surface area contributed by atoms with Gasteiger partial charge in [-0.2, -0.15) is 0 Å². The monoisotopic (exact) mass is 471 g/mol. The lowest BCUT2D eigenvalue weighted by atomic mass is 10.2. The summed E-state index contributed by atoms with van der Waals surface area (Å²) in [7, 11) is 0. The van der Waals surface area contributed by atoms with E-state index in [9.17, 15) is 4.79 Å². The number of benzene rings is 1. The van der Waals surface area contributed by atoms with Gasteiger partial charge in [0.25, 0.3) is 0 Å². The van der Waals surface area contributed by atoms with Gasteiger partial charge in [-0.05, 0) is 31.0 Å². The first kappa shape index (κ1) is 21.7. The number of halogens is 2. The third-order valence-corrected chi connectivity index (χ3v) is 6.64. The van der Waals surface area contributed by atoms with E-state index in [4.69, 9.17) is 32.7 Å². The number of amides is 1. The van der Waals surface area contributed by atoms with Crippen LogP contribution in [0.1, 0.15) is 12.8 Å². The second kappa shape index (κ2) is 10.2. The van der Waals surface area contributed by atoms with Gasteiger partial charge in [-0.3, -0.25) is 9.36 Å². The van der Waals surface area contributed by atoms with E-state index in [1.807, 2.05) is 0 Å². The summed E-state index contributed by atoms with van der Waals surface area (Å²) in [5.74, 6) is 0.853. The standard InChI is InChI=1S/C19H23Cl2N5O3S/c20-15-4-3-13(10-16(15)21)22-17(27)12-30-19-24-23-18(25-5-8-28-9-6-25)26(19)11-14-2-1-7-29-14/h3-4,10,14H,1-2,5-9,11-12H2,(H,22,27). The molecule has 1 amide bonds. The average molecular weight is 472 g/mol. The Kier molecular flexibility index (Phi) is 7.37. The van der Waals surface area contributed by atoms with Crippen molar-refractivity contribution < 1.29 is 14.3 Å². The van der Waals surface area contributed by atoms with Crippen molar-refractivity contribution in [1.29, 1.82) is 0 Å². The maximum absolute atomic E-state index is 12.4. The van der Waals surface area contributed by atoms with E-state index in [0.717, 1.165) is 38.5 Å². The van der Waals surface area contributed by atoms with Gasteiger partial charge in [-0.1, -0.05) is 35.0 Å². The summed E-state index contributed by atoms with van der Waals surface area (Å²) < 4.78 is 13.3. The maximum atomic E-state index is 12.4. The molecule has 8 nitrogen and oxygen atoms in total. The van der Waals surface area contributed by atoms with E-state index >= 15 is 0 Å². The Bertz CT molecular complexity index is 885. The van der Waals surface area contributed by atoms with Gasteiger partial charge in [-0.25, -0.2) is 0 Å². The molecule has 2 aliphatic rings. The fraction of sp³-hybridized carbons (Fsp3) is 0.526. The van der Waals surface area contributed by atoms with Crippen LogP contribution in [0.5, 0.6) is 0 Å². The Morgan fingerprint density at radius 2 is 2.03 bits per heavy atom. The van der Waals surface area contributed by atoms with Crippen molar-refractivity contribution in [3.05, 3.63) is 28.2 Å². The highest BCUT2D eigenvalue weighted by Gasteiger charge is 2.25. The van der Waals surface area contributed by atoms with Crippen molar-refractivity contribution in [2.24, 2.45) is 0 Å². The minimum Gasteiger partial charge on any atom is -0.378 e. The minimum absolute atomic E-state index is 0.144. The van der Waals surface area contributed by atoms with Crippen LogP contribution in [0.2, 0.25) is 10.0 Å². The van der Waals surface area contributed by atoms with E-state index < -0.39 is 0 Å². The minimum atomic E-state index is -0.155. The number of thioether (sulfide) groups is 1. The lowest BCUT2D eigenvalue weighted by molar-refractivity contribution is -0.113. The van der Waals surface area contributed by atoms with Crippen molar-refractivity contribution in [3.63, 3.8) is 0 Å². The number of hydrogen-bond donors (Lipinski definition) is 1. The third-order valence-electron chi connectivity index (χ3n) is 4.94. The highest BCUT2D eigenvalue weighted by atomic mass is 35.5. The molecule has 0 radical (unpaired) electrons. The number of aromatic nitrogens is 3. The number of carbonyl (C=O) groups is 1. The number of nitrogens with zero attached hydrogens (tertiary/aromatic N) is 4. The van der Waals surface area contributed by atoms with Gasteiger partial charge in [0.2, 0.25) is 11.9 Å². The third kappa shape index (κ3) is 5.39. The topological polar surface area (TPSA) is 81.5 Å². The zero-order chi connectivity index (χ0) is 20.9. The first-order valence-corrected chi connectivity index (χ1v) is 11.6. The second-order valence-electron chi connectivity index (χ2n) is 7.09. The lowest BCUT2D eigenvalue weighted by Crippen LogP contribution is -2.38. The molecule has 2 aliphatic heterocycles. The predicted octanol–water partition coefficient (Wildman–Crippen LogP) is 3.33. The van der Waals surface area contributed by atoms with Gasteiger partial charge in [-0.15, -0.1) is 10.2 Å². The second-order valence-corrected chi connectivity index (χ2v) is 8.85. The van der Waals surface area contributed by atoms with Crippen LogP contribution in [0, 0.1) is 0 Å². The summed E-state index contributed by atoms with van der Waals surface area (Å²) >= 11 is 13.3. The van der Waals surface area contributed by atoms with E-state index in [0.29, 0.717) is 40.6 Å². The fourth-order valence-electron chi connectivity index (χ4n) is 3.44. The van der Waals surface area contributed by atoms with Crippen LogP contribution in [0.15, 0.2) is 23.4 Å². The van der Waals surface area contributed by atoms with E-state index in [2.05, 4.69) is 25.0 Å². The number of ether oxygens (including phenoxy) is 2. The molecule has 0 aliphatic carbocycles. The predicted molar refractivity (Wildman–Crippen MR) is 118 cm³/mol. The first-order chi connectivity index (χ1) is 14.6. The summed E-state index contributed by atoms with van der Waals surface area (Å²) in [6.45, 7) is 4.34. The highest BCUT2D eigenvalue weighted by Crippen LogP contribution is 2.27.